The van der Waals surface area contributed by atoms with Crippen molar-refractivity contribution in [3.63, 3.8) is 0 Å². The van der Waals surface area contributed by atoms with E-state index in [2.05, 4.69) is 16.0 Å². The van der Waals surface area contributed by atoms with Crippen molar-refractivity contribution in [2.75, 3.05) is 36.9 Å². The number of alkyl carbamates (subject to hydrolysis) is 1. The van der Waals surface area contributed by atoms with Gasteiger partial charge in [0, 0.05) is 34.9 Å². The summed E-state index contributed by atoms with van der Waals surface area (Å²) in [4.78, 5) is 24.9. The first-order valence-corrected chi connectivity index (χ1v) is 14.5. The number of hydrogen-bond acceptors (Lipinski definition) is 6. The van der Waals surface area contributed by atoms with Crippen LogP contribution in [0.25, 0.3) is 0 Å². The fraction of sp³-hybridized carbons (Fsp3) is 0.355. The second-order valence-corrected chi connectivity index (χ2v) is 10.9. The molecule has 0 bridgehead atoms. The normalized spacial score (nSPS) is 17.3. The lowest BCUT2D eigenvalue weighted by molar-refractivity contribution is -0.124. The molecular formula is C31H32ClF5N4O4. The summed E-state index contributed by atoms with van der Waals surface area (Å²) >= 11 is 5.96. The highest BCUT2D eigenvalue weighted by Crippen LogP contribution is 2.25. The van der Waals surface area contributed by atoms with Crippen LogP contribution in [0.15, 0.2) is 66.7 Å². The molecule has 45 heavy (non-hydrogen) atoms. The van der Waals surface area contributed by atoms with E-state index >= 15 is 4.39 Å². The molecule has 3 aromatic rings. The molecule has 0 aliphatic carbocycles. The Labute approximate surface area is 261 Å². The minimum Gasteiger partial charge on any atom is -0.448 e. The van der Waals surface area contributed by atoms with Crippen molar-refractivity contribution in [1.82, 2.24) is 10.6 Å². The summed E-state index contributed by atoms with van der Waals surface area (Å²) < 4.78 is 75.9. The smallest absolute Gasteiger partial charge is 0.407 e. The van der Waals surface area contributed by atoms with Gasteiger partial charge in [-0.1, -0.05) is 29.8 Å². The summed E-state index contributed by atoms with van der Waals surface area (Å²) in [5.74, 6) is -1.28. The number of carbonyl (C=O) groups excluding carboxylic acids is 2. The molecule has 4 rings (SSSR count). The van der Waals surface area contributed by atoms with Crippen LogP contribution in [0.4, 0.5) is 38.1 Å². The van der Waals surface area contributed by atoms with Gasteiger partial charge in [-0.2, -0.15) is 13.2 Å². The molecule has 3 atom stereocenters. The monoisotopic (exact) mass is 654 g/mol. The van der Waals surface area contributed by atoms with Gasteiger partial charge in [0.25, 0.3) is 0 Å². The number of alkyl halides is 3. The topological polar surface area (TPSA) is 101 Å². The van der Waals surface area contributed by atoms with Crippen molar-refractivity contribution in [3.05, 3.63) is 94.5 Å². The number of anilines is 2. The fourth-order valence-electron chi connectivity index (χ4n) is 4.63. The highest BCUT2D eigenvalue weighted by Gasteiger charge is 2.29. The van der Waals surface area contributed by atoms with Gasteiger partial charge < -0.3 is 30.7 Å². The number of ether oxygens (including phenoxy) is 2. The average molecular weight is 655 g/mol. The lowest BCUT2D eigenvalue weighted by Crippen LogP contribution is -2.49. The molecule has 0 aromatic heterocycles. The predicted octanol–water partition coefficient (Wildman–Crippen LogP) is 5.86. The first kappa shape index (κ1) is 33.9. The van der Waals surface area contributed by atoms with E-state index in [0.29, 0.717) is 40.5 Å². The molecule has 0 radical (unpaired) electrons. The summed E-state index contributed by atoms with van der Waals surface area (Å²) in [6.07, 6.45) is -5.21. The van der Waals surface area contributed by atoms with E-state index in [0.717, 1.165) is 0 Å². The Balaban J connectivity index is 1.36. The van der Waals surface area contributed by atoms with Crippen LogP contribution in [-0.4, -0.2) is 62.7 Å². The van der Waals surface area contributed by atoms with E-state index in [1.165, 1.54) is 24.3 Å². The van der Waals surface area contributed by atoms with Crippen molar-refractivity contribution in [2.24, 2.45) is 0 Å². The van der Waals surface area contributed by atoms with E-state index in [-0.39, 0.29) is 32.2 Å². The molecule has 1 fully saturated rings. The molecule has 8 nitrogen and oxygen atoms in total. The van der Waals surface area contributed by atoms with Crippen molar-refractivity contribution in [3.8, 4) is 0 Å². The van der Waals surface area contributed by atoms with Gasteiger partial charge in [0.15, 0.2) is 0 Å². The zero-order chi connectivity index (χ0) is 32.4. The van der Waals surface area contributed by atoms with Gasteiger partial charge in [-0.3, -0.25) is 4.79 Å². The van der Waals surface area contributed by atoms with Crippen molar-refractivity contribution in [2.45, 2.75) is 43.6 Å². The van der Waals surface area contributed by atoms with Crippen LogP contribution in [0.2, 0.25) is 5.02 Å². The highest BCUT2D eigenvalue weighted by atomic mass is 35.5. The van der Waals surface area contributed by atoms with Crippen molar-refractivity contribution >= 4 is 35.0 Å². The minimum absolute atomic E-state index is 0.129. The summed E-state index contributed by atoms with van der Waals surface area (Å²) in [5, 5.41) is 11.3. The lowest BCUT2D eigenvalue weighted by Gasteiger charge is -2.30. The zero-order valence-corrected chi connectivity index (χ0v) is 24.7. The van der Waals surface area contributed by atoms with E-state index in [1.807, 2.05) is 0 Å². The Kier molecular flexibility index (Phi) is 12.0. The van der Waals surface area contributed by atoms with Gasteiger partial charge in [-0.05, 0) is 66.9 Å². The second-order valence-electron chi connectivity index (χ2n) is 10.5. The van der Waals surface area contributed by atoms with Crippen LogP contribution in [0.1, 0.15) is 17.5 Å². The highest BCUT2D eigenvalue weighted by molar-refractivity contribution is 6.30. The van der Waals surface area contributed by atoms with E-state index in [9.17, 15) is 27.2 Å². The van der Waals surface area contributed by atoms with Crippen LogP contribution in [0, 0.1) is 11.6 Å². The van der Waals surface area contributed by atoms with Crippen molar-refractivity contribution < 1.29 is 41.0 Å². The zero-order valence-electron chi connectivity index (χ0n) is 23.9. The van der Waals surface area contributed by atoms with Gasteiger partial charge in [0.2, 0.25) is 5.91 Å². The van der Waals surface area contributed by atoms with Crippen LogP contribution in [-0.2, 0) is 27.1 Å². The van der Waals surface area contributed by atoms with Crippen LogP contribution in [0.5, 0.6) is 0 Å². The Bertz CT molecular complexity index is 1420. The molecule has 0 saturated carbocycles. The van der Waals surface area contributed by atoms with E-state index < -0.39 is 48.4 Å². The average Bonchev–Trinajstić information content (AvgIpc) is 3.00. The Morgan fingerprint density at radius 2 is 1.78 bits per heavy atom. The number of halogens is 6. The Morgan fingerprint density at radius 3 is 2.44 bits per heavy atom. The maximum atomic E-state index is 15.1. The SMILES string of the molecule is O=C(NCC(F)(F)F)OC[C@@H]1CO[C@H](CCc2c(F)cccc2N[C@@H](Cc2ccc(F)cc2)C(=O)Nc2ccc(Cl)cc2)CN1. The van der Waals surface area contributed by atoms with Crippen LogP contribution < -0.4 is 21.3 Å². The molecule has 242 valence electrons. The van der Waals surface area contributed by atoms with Gasteiger partial charge in [-0.15, -0.1) is 0 Å². The number of carbonyl (C=O) groups is 2. The van der Waals surface area contributed by atoms with Crippen molar-refractivity contribution in [1.29, 1.82) is 0 Å². The molecule has 1 heterocycles. The fourth-order valence-corrected chi connectivity index (χ4v) is 4.76. The molecule has 14 heteroatoms. The van der Waals surface area contributed by atoms with Crippen LogP contribution in [0.3, 0.4) is 0 Å². The number of rotatable bonds is 12. The number of hydrogen-bond donors (Lipinski definition) is 4. The first-order valence-electron chi connectivity index (χ1n) is 14.1. The molecule has 0 spiro atoms. The standard InChI is InChI=1S/C31H32ClF5N4O4/c32-20-6-10-22(11-7-20)40-29(42)28(14-19-4-8-21(33)9-5-19)41-27-3-1-2-26(34)25(27)13-12-24-15-38-23(16-44-24)17-45-30(43)39-18-31(35,36)37/h1-11,23-24,28,38,41H,12-18H2,(H,39,43)(H,40,42)/t23-,24+,28-/m0/s1. The minimum atomic E-state index is -4.54. The molecule has 0 unspecified atom stereocenters. The number of benzene rings is 3. The maximum absolute atomic E-state index is 15.1. The Hall–Kier alpha value is -3.94. The third kappa shape index (κ3) is 11.2. The largest absolute Gasteiger partial charge is 0.448 e. The number of morpholine rings is 1. The predicted molar refractivity (Wildman–Crippen MR) is 159 cm³/mol. The second kappa shape index (κ2) is 15.9. The molecule has 1 aliphatic rings. The first-order chi connectivity index (χ1) is 21.4. The lowest BCUT2D eigenvalue weighted by atomic mass is 10.0. The van der Waals surface area contributed by atoms with Gasteiger partial charge in [0.05, 0.1) is 18.8 Å². The molecule has 1 aliphatic heterocycles. The number of nitrogens with one attached hydrogen (secondary N) is 4. The third-order valence-corrected chi connectivity index (χ3v) is 7.21. The maximum Gasteiger partial charge on any atom is 0.407 e. The third-order valence-electron chi connectivity index (χ3n) is 6.96. The van der Waals surface area contributed by atoms with E-state index in [1.54, 1.807) is 47.8 Å². The summed E-state index contributed by atoms with van der Waals surface area (Å²) in [5.41, 5.74) is 1.96. The van der Waals surface area contributed by atoms with Gasteiger partial charge >= 0.3 is 12.3 Å². The molecular weight excluding hydrogens is 623 g/mol. The molecule has 2 amide bonds. The number of amides is 2. The van der Waals surface area contributed by atoms with Gasteiger partial charge in [0.1, 0.15) is 30.8 Å². The summed E-state index contributed by atoms with van der Waals surface area (Å²) in [6.45, 7) is -1.21. The summed E-state index contributed by atoms with van der Waals surface area (Å²) in [6, 6.07) is 15.6. The molecule has 1 saturated heterocycles. The quantitative estimate of drug-likeness (QED) is 0.183. The summed E-state index contributed by atoms with van der Waals surface area (Å²) in [7, 11) is 0. The molecule has 3 aromatic carbocycles. The molecule has 4 N–H and O–H groups in total. The van der Waals surface area contributed by atoms with Crippen LogP contribution >= 0.6 is 11.6 Å². The Morgan fingerprint density at radius 1 is 1.04 bits per heavy atom. The van der Waals surface area contributed by atoms with Gasteiger partial charge in [-0.25, -0.2) is 13.6 Å². The van der Waals surface area contributed by atoms with E-state index in [4.69, 9.17) is 21.1 Å².